The summed E-state index contributed by atoms with van der Waals surface area (Å²) in [4.78, 5) is 27.9. The molecule has 28 heavy (non-hydrogen) atoms. The van der Waals surface area contributed by atoms with Crippen LogP contribution in [0.4, 0.5) is 0 Å². The molecule has 1 fully saturated rings. The fraction of sp³-hybridized carbons (Fsp3) is 0.391. The molecule has 1 aliphatic rings. The highest BCUT2D eigenvalue weighted by molar-refractivity contribution is 6.06. The molecule has 1 aliphatic carbocycles. The predicted molar refractivity (Wildman–Crippen MR) is 112 cm³/mol. The molecule has 1 amide bonds. The number of aromatic amines is 1. The summed E-state index contributed by atoms with van der Waals surface area (Å²) < 4.78 is 2.13. The van der Waals surface area contributed by atoms with Crippen LogP contribution in [-0.4, -0.2) is 15.5 Å². The molecule has 5 nitrogen and oxygen atoms in total. The lowest BCUT2D eigenvalue weighted by Crippen LogP contribution is -2.21. The summed E-state index contributed by atoms with van der Waals surface area (Å²) >= 11 is 0. The van der Waals surface area contributed by atoms with E-state index in [9.17, 15) is 9.59 Å². The molecule has 0 bridgehead atoms. The molecule has 1 saturated carbocycles. The number of carbonyl (C=O) groups is 1. The molecule has 5 heteroatoms. The van der Waals surface area contributed by atoms with Crippen LogP contribution >= 0.6 is 0 Å². The Morgan fingerprint density at radius 1 is 1.29 bits per heavy atom. The van der Waals surface area contributed by atoms with Gasteiger partial charge in [-0.25, -0.2) is 0 Å². The number of hydrogen-bond donors (Lipinski definition) is 2. The number of amides is 1. The summed E-state index contributed by atoms with van der Waals surface area (Å²) in [7, 11) is 0. The molecule has 2 aromatic heterocycles. The first-order valence-corrected chi connectivity index (χ1v) is 10.0. The summed E-state index contributed by atoms with van der Waals surface area (Å²) in [6.07, 6.45) is 6.00. The van der Waals surface area contributed by atoms with E-state index in [4.69, 9.17) is 5.73 Å². The van der Waals surface area contributed by atoms with Gasteiger partial charge in [-0.15, -0.1) is 0 Å². The molecule has 3 aromatic rings. The lowest BCUT2D eigenvalue weighted by atomic mass is 9.82. The van der Waals surface area contributed by atoms with Crippen LogP contribution in [-0.2, 0) is 6.42 Å². The van der Waals surface area contributed by atoms with Gasteiger partial charge in [0.05, 0.1) is 0 Å². The number of carbonyl (C=O) groups excluding carboxylic acids is 1. The number of hydrogen-bond acceptors (Lipinski definition) is 2. The molecule has 0 aliphatic heterocycles. The molecule has 0 saturated heterocycles. The minimum Gasteiger partial charge on any atom is -0.366 e. The number of aromatic nitrogens is 2. The quantitative estimate of drug-likeness (QED) is 0.699. The number of primary amides is 1. The Hall–Kier alpha value is -2.82. The van der Waals surface area contributed by atoms with Crippen LogP contribution in [0.1, 0.15) is 77.8 Å². The Labute approximate surface area is 164 Å². The van der Waals surface area contributed by atoms with Gasteiger partial charge < -0.3 is 15.3 Å². The largest absolute Gasteiger partial charge is 0.366 e. The van der Waals surface area contributed by atoms with Gasteiger partial charge in [0.1, 0.15) is 0 Å². The summed E-state index contributed by atoms with van der Waals surface area (Å²) in [5.41, 5.74) is 10.8. The number of H-pyrrole nitrogens is 1. The standard InChI is InChI=1S/C23H27N3O2/c1-13(2)26-8-7-17-19(22(24)27)11-15(12-21(17)26)10-18-14(3)9-20(25-23(18)28)16-5-4-6-16/h7-9,11-13,16H,4-6,10H2,1-3H3,(H2,24,27)(H,25,28). The minimum atomic E-state index is -0.445. The first kappa shape index (κ1) is 18.5. The van der Waals surface area contributed by atoms with Gasteiger partial charge in [-0.2, -0.15) is 0 Å². The second-order valence-corrected chi connectivity index (χ2v) is 8.28. The van der Waals surface area contributed by atoms with Crippen molar-refractivity contribution in [2.75, 3.05) is 0 Å². The highest BCUT2D eigenvalue weighted by atomic mass is 16.1. The number of rotatable bonds is 5. The average molecular weight is 377 g/mol. The Balaban J connectivity index is 1.78. The molecular formula is C23H27N3O2. The number of pyridine rings is 1. The Bertz CT molecular complexity index is 1120. The highest BCUT2D eigenvalue weighted by Gasteiger charge is 2.22. The van der Waals surface area contributed by atoms with Crippen molar-refractivity contribution in [3.05, 3.63) is 68.8 Å². The van der Waals surface area contributed by atoms with Crippen LogP contribution in [0.15, 0.2) is 35.3 Å². The lowest BCUT2D eigenvalue weighted by molar-refractivity contribution is 0.100. The van der Waals surface area contributed by atoms with E-state index >= 15 is 0 Å². The summed E-state index contributed by atoms with van der Waals surface area (Å²) in [5, 5.41) is 0.857. The summed E-state index contributed by atoms with van der Waals surface area (Å²) in [5.74, 6) is 0.0481. The normalized spacial score (nSPS) is 14.6. The van der Waals surface area contributed by atoms with Gasteiger partial charge >= 0.3 is 0 Å². The van der Waals surface area contributed by atoms with E-state index in [1.165, 1.54) is 6.42 Å². The maximum absolute atomic E-state index is 12.8. The van der Waals surface area contributed by atoms with Crippen LogP contribution in [0, 0.1) is 6.92 Å². The van der Waals surface area contributed by atoms with Crippen molar-refractivity contribution in [3.63, 3.8) is 0 Å². The molecule has 1 aromatic carbocycles. The smallest absolute Gasteiger partial charge is 0.251 e. The average Bonchev–Trinajstić information content (AvgIpc) is 2.99. The zero-order chi connectivity index (χ0) is 20.0. The number of nitrogens with zero attached hydrogens (tertiary/aromatic N) is 1. The molecule has 0 unspecified atom stereocenters. The maximum Gasteiger partial charge on any atom is 0.251 e. The Kier molecular flexibility index (Phi) is 4.61. The Morgan fingerprint density at radius 2 is 2.04 bits per heavy atom. The first-order chi connectivity index (χ1) is 13.3. The molecule has 2 heterocycles. The van der Waals surface area contributed by atoms with Gasteiger partial charge in [-0.3, -0.25) is 9.59 Å². The number of nitrogens with two attached hydrogens (primary N) is 1. The molecule has 0 radical (unpaired) electrons. The second kappa shape index (κ2) is 6.97. The van der Waals surface area contributed by atoms with Crippen molar-refractivity contribution in [3.8, 4) is 0 Å². The van der Waals surface area contributed by atoms with Crippen molar-refractivity contribution < 1.29 is 4.79 Å². The number of nitrogens with one attached hydrogen (secondary N) is 1. The lowest BCUT2D eigenvalue weighted by Gasteiger charge is -2.25. The molecule has 146 valence electrons. The molecule has 0 spiro atoms. The van der Waals surface area contributed by atoms with E-state index in [1.54, 1.807) is 0 Å². The topological polar surface area (TPSA) is 80.9 Å². The molecule has 4 rings (SSSR count). The number of aryl methyl sites for hydroxylation is 1. The fourth-order valence-corrected chi connectivity index (χ4v) is 4.18. The first-order valence-electron chi connectivity index (χ1n) is 10.0. The Morgan fingerprint density at radius 3 is 2.61 bits per heavy atom. The fourth-order valence-electron chi connectivity index (χ4n) is 4.18. The molecule has 0 atom stereocenters. The van der Waals surface area contributed by atoms with E-state index in [0.29, 0.717) is 17.9 Å². The third-order valence-corrected chi connectivity index (χ3v) is 6.03. The third kappa shape index (κ3) is 3.15. The van der Waals surface area contributed by atoms with Gasteiger partial charge in [0.15, 0.2) is 0 Å². The zero-order valence-electron chi connectivity index (χ0n) is 16.7. The maximum atomic E-state index is 12.8. The highest BCUT2D eigenvalue weighted by Crippen LogP contribution is 2.35. The van der Waals surface area contributed by atoms with Crippen molar-refractivity contribution in [2.45, 2.75) is 58.4 Å². The van der Waals surface area contributed by atoms with E-state index in [1.807, 2.05) is 25.3 Å². The van der Waals surface area contributed by atoms with E-state index in [2.05, 4.69) is 35.5 Å². The minimum absolute atomic E-state index is 0.0261. The van der Waals surface area contributed by atoms with Gasteiger partial charge in [0.25, 0.3) is 5.56 Å². The van der Waals surface area contributed by atoms with Crippen LogP contribution in [0.3, 0.4) is 0 Å². The van der Waals surface area contributed by atoms with Crippen LogP contribution in [0.25, 0.3) is 10.9 Å². The predicted octanol–water partition coefficient (Wildman–Crippen LogP) is 4.18. The number of benzene rings is 1. The van der Waals surface area contributed by atoms with Gasteiger partial charge in [-0.05, 0) is 74.9 Å². The van der Waals surface area contributed by atoms with Crippen LogP contribution < -0.4 is 11.3 Å². The molecule has 3 N–H and O–H groups in total. The van der Waals surface area contributed by atoms with Crippen LogP contribution in [0.2, 0.25) is 0 Å². The van der Waals surface area contributed by atoms with Crippen molar-refractivity contribution in [1.29, 1.82) is 0 Å². The van der Waals surface area contributed by atoms with Crippen LogP contribution in [0.5, 0.6) is 0 Å². The number of fused-ring (bicyclic) bond motifs is 1. The van der Waals surface area contributed by atoms with E-state index < -0.39 is 5.91 Å². The third-order valence-electron chi connectivity index (χ3n) is 6.03. The van der Waals surface area contributed by atoms with Gasteiger partial charge in [0.2, 0.25) is 5.91 Å². The molecular weight excluding hydrogens is 350 g/mol. The van der Waals surface area contributed by atoms with Crippen molar-refractivity contribution in [2.24, 2.45) is 5.73 Å². The van der Waals surface area contributed by atoms with E-state index in [0.717, 1.165) is 46.1 Å². The van der Waals surface area contributed by atoms with Crippen molar-refractivity contribution in [1.82, 2.24) is 9.55 Å². The van der Waals surface area contributed by atoms with Gasteiger partial charge in [0, 0.05) is 46.4 Å². The van der Waals surface area contributed by atoms with Crippen molar-refractivity contribution >= 4 is 16.8 Å². The second-order valence-electron chi connectivity index (χ2n) is 8.28. The monoisotopic (exact) mass is 377 g/mol. The summed E-state index contributed by atoms with van der Waals surface area (Å²) in [6.45, 7) is 6.20. The zero-order valence-corrected chi connectivity index (χ0v) is 16.7. The van der Waals surface area contributed by atoms with Gasteiger partial charge in [-0.1, -0.05) is 6.42 Å². The van der Waals surface area contributed by atoms with E-state index in [-0.39, 0.29) is 11.6 Å². The summed E-state index contributed by atoms with van der Waals surface area (Å²) in [6, 6.07) is 8.21. The SMILES string of the molecule is Cc1cc(C2CCC2)[nH]c(=O)c1Cc1cc(C(N)=O)c2ccn(C(C)C)c2c1.